The van der Waals surface area contributed by atoms with Crippen LogP contribution in [0.15, 0.2) is 48.5 Å². The molecule has 1 unspecified atom stereocenters. The molecule has 1 spiro atoms. The van der Waals surface area contributed by atoms with Crippen LogP contribution < -0.4 is 16.0 Å². The van der Waals surface area contributed by atoms with Gasteiger partial charge >= 0.3 is 0 Å². The van der Waals surface area contributed by atoms with Gasteiger partial charge in [0, 0.05) is 28.7 Å². The molecule has 2 amide bonds. The molecular weight excluding hydrogens is 474 g/mol. The Kier molecular flexibility index (Phi) is 6.64. The fraction of sp³-hybridized carbons (Fsp3) is 0.517. The molecule has 1 aliphatic carbocycles. The standard InChI is InChI=1S/C29H36ClN3O3/c1-28(2,3)26-29(21-14-9-18(30)16-23(21)32-27(29)36)22(15-17-7-5-4-6-8-17)24(33-26)25(35)31-19-10-12-20(34)13-11-19/h4-9,14,16,19-20,22,24,26,33-34H,10-13,15H2,1-3H3,(H,31,35)(H,32,36)/t19-,20-,22-,24+,26?,29-/m0/s1. The van der Waals surface area contributed by atoms with Gasteiger partial charge in [-0.15, -0.1) is 0 Å². The molecule has 2 fully saturated rings. The predicted molar refractivity (Wildman–Crippen MR) is 142 cm³/mol. The summed E-state index contributed by atoms with van der Waals surface area (Å²) in [5.74, 6) is -0.455. The Morgan fingerprint density at radius 3 is 2.47 bits per heavy atom. The second-order valence-electron chi connectivity index (χ2n) is 11.8. The predicted octanol–water partition coefficient (Wildman–Crippen LogP) is 4.20. The highest BCUT2D eigenvalue weighted by atomic mass is 35.5. The molecule has 0 bridgehead atoms. The van der Waals surface area contributed by atoms with Gasteiger partial charge in [-0.3, -0.25) is 9.59 Å². The largest absolute Gasteiger partial charge is 0.393 e. The van der Waals surface area contributed by atoms with E-state index in [9.17, 15) is 14.7 Å². The molecule has 0 radical (unpaired) electrons. The average Bonchev–Trinajstić information content (AvgIpc) is 3.31. The summed E-state index contributed by atoms with van der Waals surface area (Å²) in [6.45, 7) is 6.36. The van der Waals surface area contributed by atoms with Crippen molar-refractivity contribution in [2.45, 2.75) is 82.5 Å². The van der Waals surface area contributed by atoms with E-state index in [0.29, 0.717) is 24.3 Å². The van der Waals surface area contributed by atoms with Crippen LogP contribution in [0.1, 0.15) is 57.6 Å². The Morgan fingerprint density at radius 2 is 1.81 bits per heavy atom. The Morgan fingerprint density at radius 1 is 1.11 bits per heavy atom. The summed E-state index contributed by atoms with van der Waals surface area (Å²) in [5, 5.41) is 20.5. The first-order chi connectivity index (χ1) is 17.1. The number of aliphatic hydroxyl groups is 1. The zero-order valence-electron chi connectivity index (χ0n) is 21.2. The highest BCUT2D eigenvalue weighted by molar-refractivity contribution is 6.31. The lowest BCUT2D eigenvalue weighted by atomic mass is 9.60. The van der Waals surface area contributed by atoms with Crippen molar-refractivity contribution in [2.24, 2.45) is 11.3 Å². The Labute approximate surface area is 218 Å². The van der Waals surface area contributed by atoms with E-state index in [1.165, 1.54) is 0 Å². The molecule has 192 valence electrons. The van der Waals surface area contributed by atoms with Gasteiger partial charge in [-0.05, 0) is 60.8 Å². The number of halogens is 1. The number of nitrogens with one attached hydrogen (secondary N) is 3. The number of aliphatic hydroxyl groups excluding tert-OH is 1. The summed E-state index contributed by atoms with van der Waals surface area (Å²) < 4.78 is 0. The summed E-state index contributed by atoms with van der Waals surface area (Å²) in [5.41, 5.74) is 1.48. The van der Waals surface area contributed by atoms with Crippen LogP contribution in [0.4, 0.5) is 5.69 Å². The second kappa shape index (κ2) is 9.47. The van der Waals surface area contributed by atoms with Crippen LogP contribution in [0.3, 0.4) is 0 Å². The fourth-order valence-electron chi connectivity index (χ4n) is 6.74. The van der Waals surface area contributed by atoms with Gasteiger partial charge in [-0.25, -0.2) is 0 Å². The molecule has 5 rings (SSSR count). The normalized spacial score (nSPS) is 31.8. The Hall–Kier alpha value is -2.41. The topological polar surface area (TPSA) is 90.5 Å². The summed E-state index contributed by atoms with van der Waals surface area (Å²) in [7, 11) is 0. The van der Waals surface area contributed by atoms with Crippen molar-refractivity contribution in [2.75, 3.05) is 5.32 Å². The van der Waals surface area contributed by atoms with Gasteiger partial charge in [-0.2, -0.15) is 0 Å². The Bertz CT molecular complexity index is 1140. The van der Waals surface area contributed by atoms with E-state index in [1.807, 2.05) is 36.4 Å². The number of fused-ring (bicyclic) bond motifs is 2. The summed E-state index contributed by atoms with van der Waals surface area (Å²) in [6, 6.07) is 14.9. The number of benzene rings is 2. The van der Waals surface area contributed by atoms with Gasteiger partial charge in [0.05, 0.1) is 17.6 Å². The maximum atomic E-state index is 14.1. The van der Waals surface area contributed by atoms with Gasteiger partial charge < -0.3 is 21.1 Å². The first-order valence-electron chi connectivity index (χ1n) is 13.0. The summed E-state index contributed by atoms with van der Waals surface area (Å²) >= 11 is 6.31. The molecule has 2 aromatic rings. The number of hydrogen-bond acceptors (Lipinski definition) is 4. The maximum absolute atomic E-state index is 14.1. The minimum Gasteiger partial charge on any atom is -0.393 e. The second-order valence-corrected chi connectivity index (χ2v) is 12.2. The van der Waals surface area contributed by atoms with E-state index >= 15 is 0 Å². The van der Waals surface area contributed by atoms with E-state index < -0.39 is 11.5 Å². The highest BCUT2D eigenvalue weighted by Gasteiger charge is 2.67. The molecule has 6 nitrogen and oxygen atoms in total. The van der Waals surface area contributed by atoms with Gasteiger partial charge in [-0.1, -0.05) is 68.8 Å². The van der Waals surface area contributed by atoms with E-state index in [1.54, 1.807) is 0 Å². The zero-order valence-corrected chi connectivity index (χ0v) is 21.9. The monoisotopic (exact) mass is 509 g/mol. The third-order valence-electron chi connectivity index (χ3n) is 8.33. The molecule has 3 aliphatic rings. The first kappa shape index (κ1) is 25.2. The SMILES string of the molecule is CC(C)(C)C1N[C@@H](C(=O)N[C@H]2CC[C@H](O)CC2)[C@H](Cc2ccccc2)[C@]12C(=O)Nc1cc(Cl)ccc12. The number of anilines is 1. The summed E-state index contributed by atoms with van der Waals surface area (Å²) in [4.78, 5) is 28.0. The zero-order chi connectivity index (χ0) is 25.7. The van der Waals surface area contributed by atoms with Crippen LogP contribution in [0.25, 0.3) is 0 Å². The van der Waals surface area contributed by atoms with Crippen LogP contribution >= 0.6 is 11.6 Å². The molecule has 2 aromatic carbocycles. The molecule has 4 atom stereocenters. The summed E-state index contributed by atoms with van der Waals surface area (Å²) in [6.07, 6.45) is 3.21. The number of amides is 2. The van der Waals surface area contributed by atoms with E-state index in [4.69, 9.17) is 11.6 Å². The molecule has 1 saturated heterocycles. The third kappa shape index (κ3) is 4.33. The molecule has 7 heteroatoms. The van der Waals surface area contributed by atoms with E-state index in [2.05, 4.69) is 48.9 Å². The van der Waals surface area contributed by atoms with Crippen LogP contribution in [0.2, 0.25) is 5.02 Å². The van der Waals surface area contributed by atoms with Gasteiger partial charge in [0.15, 0.2) is 0 Å². The average molecular weight is 510 g/mol. The third-order valence-corrected chi connectivity index (χ3v) is 8.57. The number of hydrogen-bond donors (Lipinski definition) is 4. The van der Waals surface area contributed by atoms with Crippen molar-refractivity contribution in [3.05, 3.63) is 64.7 Å². The van der Waals surface area contributed by atoms with Crippen molar-refractivity contribution in [3.8, 4) is 0 Å². The molecule has 2 heterocycles. The van der Waals surface area contributed by atoms with Crippen LogP contribution in [-0.4, -0.2) is 41.2 Å². The lowest BCUT2D eigenvalue weighted by Gasteiger charge is -2.41. The lowest BCUT2D eigenvalue weighted by Crippen LogP contribution is -2.55. The van der Waals surface area contributed by atoms with Crippen LogP contribution in [-0.2, 0) is 21.4 Å². The van der Waals surface area contributed by atoms with Crippen molar-refractivity contribution >= 4 is 29.1 Å². The van der Waals surface area contributed by atoms with E-state index in [0.717, 1.165) is 29.7 Å². The molecule has 0 aromatic heterocycles. The van der Waals surface area contributed by atoms with Crippen molar-refractivity contribution < 1.29 is 14.7 Å². The molecule has 1 saturated carbocycles. The molecule has 4 N–H and O–H groups in total. The molecule has 2 aliphatic heterocycles. The van der Waals surface area contributed by atoms with Crippen LogP contribution in [0.5, 0.6) is 0 Å². The first-order valence-corrected chi connectivity index (χ1v) is 13.4. The van der Waals surface area contributed by atoms with Gasteiger partial charge in [0.25, 0.3) is 0 Å². The number of rotatable bonds is 4. The number of carbonyl (C=O) groups is 2. The van der Waals surface area contributed by atoms with Gasteiger partial charge in [0.1, 0.15) is 0 Å². The van der Waals surface area contributed by atoms with Crippen molar-refractivity contribution in [1.29, 1.82) is 0 Å². The van der Waals surface area contributed by atoms with Crippen molar-refractivity contribution in [1.82, 2.24) is 10.6 Å². The number of carbonyl (C=O) groups excluding carboxylic acids is 2. The van der Waals surface area contributed by atoms with Crippen LogP contribution in [0, 0.1) is 11.3 Å². The minimum atomic E-state index is -0.932. The Balaban J connectivity index is 1.59. The van der Waals surface area contributed by atoms with Crippen molar-refractivity contribution in [3.63, 3.8) is 0 Å². The highest BCUT2D eigenvalue weighted by Crippen LogP contribution is 2.55. The van der Waals surface area contributed by atoms with E-state index in [-0.39, 0.29) is 41.3 Å². The minimum absolute atomic E-state index is 0.0354. The lowest BCUT2D eigenvalue weighted by molar-refractivity contribution is -0.126. The molecular formula is C29H36ClN3O3. The fourth-order valence-corrected chi connectivity index (χ4v) is 6.91. The molecule has 36 heavy (non-hydrogen) atoms. The quantitative estimate of drug-likeness (QED) is 0.497. The smallest absolute Gasteiger partial charge is 0.237 e. The maximum Gasteiger partial charge on any atom is 0.237 e. The van der Waals surface area contributed by atoms with Gasteiger partial charge in [0.2, 0.25) is 11.8 Å².